The molecule has 1 saturated carbocycles. The average molecular weight is 547 g/mol. The SMILES string of the molecule is CC(C)N(CC1CCC(n2cnc3c(N)ncnc32)O1)C1CC(CCc2nc3cc(C(C)(C)C)ccc3n2O)C1. The van der Waals surface area contributed by atoms with Gasteiger partial charge in [0, 0.05) is 25.0 Å². The minimum absolute atomic E-state index is 0.0542. The first kappa shape index (κ1) is 27.0. The number of aryl methyl sites for hydroxylation is 1. The molecule has 0 amide bonds. The standard InChI is InChI=1S/C30H42N8O2/c1-18(2)36(15-22-8-11-26(40-22)37-17-34-27-28(31)32-16-33-29(27)37)21-12-19(13-21)6-10-25-35-23-14-20(30(3,4)5)7-9-24(23)38(25)39/h7,9,14,16-19,21-22,26,39H,6,8,10-13,15H2,1-5H3,(H2,31,32,33). The predicted molar refractivity (Wildman–Crippen MR) is 155 cm³/mol. The summed E-state index contributed by atoms with van der Waals surface area (Å²) < 4.78 is 9.78. The Morgan fingerprint density at radius 3 is 2.70 bits per heavy atom. The topological polar surface area (TPSA) is 120 Å². The van der Waals surface area contributed by atoms with E-state index >= 15 is 0 Å². The molecule has 214 valence electrons. The number of aromatic nitrogens is 6. The molecule has 2 aliphatic rings. The first-order chi connectivity index (χ1) is 19.1. The van der Waals surface area contributed by atoms with Crippen molar-refractivity contribution in [2.24, 2.45) is 5.92 Å². The van der Waals surface area contributed by atoms with Crippen LogP contribution in [0.25, 0.3) is 22.2 Å². The van der Waals surface area contributed by atoms with Crippen LogP contribution in [0.15, 0.2) is 30.9 Å². The number of hydrogen-bond acceptors (Lipinski definition) is 8. The fourth-order valence-corrected chi connectivity index (χ4v) is 6.41. The number of hydrogen-bond donors (Lipinski definition) is 2. The molecule has 0 bridgehead atoms. The van der Waals surface area contributed by atoms with Crippen LogP contribution in [0.1, 0.15) is 84.3 Å². The fraction of sp³-hybridized carbons (Fsp3) is 0.600. The van der Waals surface area contributed by atoms with Gasteiger partial charge in [-0.25, -0.2) is 19.9 Å². The van der Waals surface area contributed by atoms with Gasteiger partial charge in [0.15, 0.2) is 11.5 Å². The average Bonchev–Trinajstić information content (AvgIpc) is 3.59. The molecule has 2 atom stereocenters. The summed E-state index contributed by atoms with van der Waals surface area (Å²) in [6.45, 7) is 12.1. The Morgan fingerprint density at radius 1 is 1.15 bits per heavy atom. The van der Waals surface area contributed by atoms with Gasteiger partial charge in [0.2, 0.25) is 0 Å². The zero-order valence-corrected chi connectivity index (χ0v) is 24.3. The lowest BCUT2D eigenvalue weighted by Gasteiger charge is -2.46. The second-order valence-corrected chi connectivity index (χ2v) is 13.0. The molecular formula is C30H42N8O2. The lowest BCUT2D eigenvalue weighted by molar-refractivity contribution is -0.0393. The van der Waals surface area contributed by atoms with Crippen molar-refractivity contribution in [2.75, 3.05) is 12.3 Å². The largest absolute Gasteiger partial charge is 0.427 e. The molecule has 10 heteroatoms. The van der Waals surface area contributed by atoms with E-state index in [2.05, 4.69) is 66.6 Å². The van der Waals surface area contributed by atoms with E-state index < -0.39 is 0 Å². The molecule has 3 aromatic heterocycles. The Labute approximate surface area is 235 Å². The third kappa shape index (κ3) is 5.03. The number of benzene rings is 1. The second kappa shape index (κ2) is 10.3. The summed E-state index contributed by atoms with van der Waals surface area (Å²) in [6.07, 6.45) is 9.47. The Kier molecular flexibility index (Phi) is 6.94. The number of ether oxygens (including phenoxy) is 1. The Morgan fingerprint density at radius 2 is 1.95 bits per heavy atom. The molecule has 3 N–H and O–H groups in total. The van der Waals surface area contributed by atoms with Crippen LogP contribution in [0, 0.1) is 5.92 Å². The summed E-state index contributed by atoms with van der Waals surface area (Å²) >= 11 is 0. The molecule has 40 heavy (non-hydrogen) atoms. The van der Waals surface area contributed by atoms with Crippen LogP contribution in [-0.2, 0) is 16.6 Å². The fourth-order valence-electron chi connectivity index (χ4n) is 6.41. The summed E-state index contributed by atoms with van der Waals surface area (Å²) in [7, 11) is 0. The van der Waals surface area contributed by atoms with Crippen LogP contribution in [0.3, 0.4) is 0 Å². The summed E-state index contributed by atoms with van der Waals surface area (Å²) in [4.78, 5) is 20.2. The lowest BCUT2D eigenvalue weighted by Crippen LogP contribution is -2.50. The van der Waals surface area contributed by atoms with E-state index in [4.69, 9.17) is 15.5 Å². The van der Waals surface area contributed by atoms with Crippen LogP contribution >= 0.6 is 0 Å². The molecule has 4 aromatic rings. The van der Waals surface area contributed by atoms with Crippen molar-refractivity contribution >= 4 is 28.0 Å². The van der Waals surface area contributed by atoms with Gasteiger partial charge >= 0.3 is 0 Å². The first-order valence-corrected chi connectivity index (χ1v) is 14.6. The smallest absolute Gasteiger partial charge is 0.167 e. The third-order valence-corrected chi connectivity index (χ3v) is 8.88. The predicted octanol–water partition coefficient (Wildman–Crippen LogP) is 5.09. The van der Waals surface area contributed by atoms with Gasteiger partial charge in [0.1, 0.15) is 29.4 Å². The maximum atomic E-state index is 10.7. The minimum atomic E-state index is -0.0790. The van der Waals surface area contributed by atoms with E-state index in [1.165, 1.54) is 29.5 Å². The molecule has 1 aliphatic carbocycles. The molecule has 1 saturated heterocycles. The summed E-state index contributed by atoms with van der Waals surface area (Å²) in [5.74, 6) is 1.81. The Hall–Kier alpha value is -3.24. The van der Waals surface area contributed by atoms with Gasteiger partial charge in [0.05, 0.1) is 17.9 Å². The molecule has 1 aliphatic heterocycles. The molecule has 0 spiro atoms. The maximum Gasteiger partial charge on any atom is 0.167 e. The Bertz CT molecular complexity index is 1500. The third-order valence-electron chi connectivity index (χ3n) is 8.88. The maximum absolute atomic E-state index is 10.7. The molecule has 1 aromatic carbocycles. The van der Waals surface area contributed by atoms with E-state index in [1.807, 2.05) is 10.6 Å². The van der Waals surface area contributed by atoms with E-state index in [0.717, 1.165) is 54.7 Å². The highest BCUT2D eigenvalue weighted by Crippen LogP contribution is 2.38. The second-order valence-electron chi connectivity index (χ2n) is 13.0. The zero-order chi connectivity index (χ0) is 28.2. The highest BCUT2D eigenvalue weighted by atomic mass is 16.5. The number of anilines is 1. The van der Waals surface area contributed by atoms with Gasteiger partial charge in [-0.15, -0.1) is 0 Å². The van der Waals surface area contributed by atoms with Crippen molar-refractivity contribution in [1.82, 2.24) is 34.1 Å². The summed E-state index contributed by atoms with van der Waals surface area (Å²) in [6, 6.07) is 7.21. The molecule has 2 unspecified atom stereocenters. The van der Waals surface area contributed by atoms with Gasteiger partial charge in [0.25, 0.3) is 0 Å². The van der Waals surface area contributed by atoms with Crippen molar-refractivity contribution in [1.29, 1.82) is 0 Å². The zero-order valence-electron chi connectivity index (χ0n) is 24.3. The lowest BCUT2D eigenvalue weighted by atomic mass is 9.76. The molecule has 4 heterocycles. The molecule has 10 nitrogen and oxygen atoms in total. The summed E-state index contributed by atoms with van der Waals surface area (Å²) in [5, 5.41) is 10.7. The number of nitrogens with zero attached hydrogens (tertiary/aromatic N) is 7. The van der Waals surface area contributed by atoms with Crippen molar-refractivity contribution in [3.05, 3.63) is 42.2 Å². The van der Waals surface area contributed by atoms with Crippen molar-refractivity contribution in [3.63, 3.8) is 0 Å². The van der Waals surface area contributed by atoms with Crippen LogP contribution in [0.4, 0.5) is 5.82 Å². The number of rotatable bonds is 8. The van der Waals surface area contributed by atoms with E-state index in [9.17, 15) is 5.21 Å². The highest BCUT2D eigenvalue weighted by molar-refractivity contribution is 5.81. The van der Waals surface area contributed by atoms with Crippen LogP contribution in [-0.4, -0.2) is 64.1 Å². The normalized spacial score (nSPS) is 23.6. The summed E-state index contributed by atoms with van der Waals surface area (Å²) in [5.41, 5.74) is 10.3. The van der Waals surface area contributed by atoms with E-state index in [0.29, 0.717) is 29.3 Å². The monoisotopic (exact) mass is 546 g/mol. The molecule has 2 fully saturated rings. The molecule has 6 rings (SSSR count). The Balaban J connectivity index is 1.03. The minimum Gasteiger partial charge on any atom is -0.427 e. The number of nitrogens with two attached hydrogens (primary N) is 1. The van der Waals surface area contributed by atoms with Crippen molar-refractivity contribution in [2.45, 2.75) is 103 Å². The van der Waals surface area contributed by atoms with Crippen molar-refractivity contribution < 1.29 is 9.94 Å². The van der Waals surface area contributed by atoms with Crippen LogP contribution in [0.2, 0.25) is 0 Å². The van der Waals surface area contributed by atoms with Gasteiger partial charge in [-0.1, -0.05) is 26.8 Å². The van der Waals surface area contributed by atoms with Gasteiger partial charge in [-0.3, -0.25) is 9.47 Å². The molecule has 0 radical (unpaired) electrons. The number of imidazole rings is 2. The quantitative estimate of drug-likeness (QED) is 0.293. The van der Waals surface area contributed by atoms with Crippen molar-refractivity contribution in [3.8, 4) is 0 Å². The first-order valence-electron chi connectivity index (χ1n) is 14.6. The van der Waals surface area contributed by atoms with E-state index in [1.54, 1.807) is 6.33 Å². The van der Waals surface area contributed by atoms with Crippen LogP contribution < -0.4 is 5.73 Å². The number of fused-ring (bicyclic) bond motifs is 2. The van der Waals surface area contributed by atoms with Gasteiger partial charge in [-0.2, -0.15) is 4.73 Å². The molecular weight excluding hydrogens is 504 g/mol. The van der Waals surface area contributed by atoms with Crippen LogP contribution in [0.5, 0.6) is 0 Å². The highest BCUT2D eigenvalue weighted by Gasteiger charge is 2.38. The van der Waals surface area contributed by atoms with E-state index in [-0.39, 0.29) is 17.7 Å². The number of nitrogen functional groups attached to an aromatic ring is 1. The van der Waals surface area contributed by atoms with Gasteiger partial charge < -0.3 is 15.7 Å². The van der Waals surface area contributed by atoms with Gasteiger partial charge in [-0.05, 0) is 75.0 Å².